The van der Waals surface area contributed by atoms with Crippen LogP contribution in [0.4, 0.5) is 0 Å². The van der Waals surface area contributed by atoms with E-state index in [1.165, 1.54) is 18.9 Å². The molecule has 148 valence electrons. The van der Waals surface area contributed by atoms with E-state index in [-0.39, 0.29) is 16.7 Å². The second-order valence-corrected chi connectivity index (χ2v) is 7.44. The molecule has 1 fully saturated rings. The molecule has 8 heteroatoms. The number of thioether (sulfide) groups is 1. The number of rotatable bonds is 8. The first-order chi connectivity index (χ1) is 13.6. The van der Waals surface area contributed by atoms with Crippen molar-refractivity contribution in [2.45, 2.75) is 17.3 Å². The van der Waals surface area contributed by atoms with Gasteiger partial charge < -0.3 is 14.2 Å². The van der Waals surface area contributed by atoms with E-state index in [9.17, 15) is 14.9 Å². The average Bonchev–Trinajstić information content (AvgIpc) is 3.26. The van der Waals surface area contributed by atoms with Gasteiger partial charge in [-0.25, -0.2) is 4.79 Å². The molecule has 1 aliphatic rings. The molecule has 1 heterocycles. The molecule has 0 bridgehead atoms. The number of carbonyl (C=O) groups excluding carboxylic acids is 1. The highest BCUT2D eigenvalue weighted by atomic mass is 32.2. The van der Waals surface area contributed by atoms with E-state index in [1.807, 2.05) is 36.4 Å². The molecule has 0 radical (unpaired) electrons. The summed E-state index contributed by atoms with van der Waals surface area (Å²) in [6, 6.07) is 14.6. The Morgan fingerprint density at radius 3 is 2.61 bits per heavy atom. The number of hydrogen-bond acceptors (Lipinski definition) is 7. The van der Waals surface area contributed by atoms with Gasteiger partial charge in [0.25, 0.3) is 0 Å². The Balaban J connectivity index is 1.71. The van der Waals surface area contributed by atoms with E-state index >= 15 is 0 Å². The highest BCUT2D eigenvalue weighted by Crippen LogP contribution is 2.34. The van der Waals surface area contributed by atoms with Crippen molar-refractivity contribution in [3.63, 3.8) is 0 Å². The first kappa shape index (κ1) is 20.3. The van der Waals surface area contributed by atoms with Crippen LogP contribution < -0.4 is 0 Å². The van der Waals surface area contributed by atoms with Crippen LogP contribution in [0.25, 0.3) is 0 Å². The molecule has 3 rings (SSSR count). The summed E-state index contributed by atoms with van der Waals surface area (Å²) in [7, 11) is 1.34. The predicted molar refractivity (Wildman–Crippen MR) is 105 cm³/mol. The molecule has 1 unspecified atom stereocenters. The molecule has 2 aromatic carbocycles. The maximum atomic E-state index is 11.5. The molecule has 28 heavy (non-hydrogen) atoms. The normalized spacial score (nSPS) is 15.3. The Morgan fingerprint density at radius 1 is 1.25 bits per heavy atom. The van der Waals surface area contributed by atoms with Crippen LogP contribution in [-0.4, -0.2) is 37.8 Å². The van der Waals surface area contributed by atoms with Crippen LogP contribution in [0.5, 0.6) is 0 Å². The average molecular weight is 403 g/mol. The number of nitro groups is 1. The maximum Gasteiger partial charge on any atom is 0.337 e. The van der Waals surface area contributed by atoms with E-state index in [4.69, 9.17) is 9.47 Å². The third-order valence-electron chi connectivity index (χ3n) is 4.32. The second kappa shape index (κ2) is 9.68. The Labute approximate surface area is 167 Å². The van der Waals surface area contributed by atoms with Gasteiger partial charge in [0.15, 0.2) is 6.29 Å². The molecule has 1 atom stereocenters. The summed E-state index contributed by atoms with van der Waals surface area (Å²) in [6.07, 6.45) is -0.410. The zero-order valence-corrected chi connectivity index (χ0v) is 16.2. The smallest absolute Gasteiger partial charge is 0.337 e. The molecule has 2 aromatic rings. The summed E-state index contributed by atoms with van der Waals surface area (Å²) in [5.41, 5.74) is 3.18. The van der Waals surface area contributed by atoms with Crippen molar-refractivity contribution in [2.24, 2.45) is 0 Å². The van der Waals surface area contributed by atoms with Gasteiger partial charge in [0.1, 0.15) is 0 Å². The first-order valence-electron chi connectivity index (χ1n) is 8.80. The minimum atomic E-state index is -0.410. The molecular weight excluding hydrogens is 382 g/mol. The SMILES string of the molecule is COC(=O)c1ccc(CSC(C[N+](=O)[O-])c2cccc(C3OCCO3)c2)cc1. The van der Waals surface area contributed by atoms with Gasteiger partial charge in [-0.1, -0.05) is 30.3 Å². The van der Waals surface area contributed by atoms with E-state index in [0.717, 1.165) is 16.7 Å². The minimum Gasteiger partial charge on any atom is -0.465 e. The Hall–Kier alpha value is -2.42. The molecule has 0 saturated carbocycles. The van der Waals surface area contributed by atoms with Crippen LogP contribution in [0.15, 0.2) is 48.5 Å². The number of hydrogen-bond donors (Lipinski definition) is 0. The second-order valence-electron chi connectivity index (χ2n) is 6.25. The number of methoxy groups -OCH3 is 1. The summed E-state index contributed by atoms with van der Waals surface area (Å²) >= 11 is 1.49. The molecule has 7 nitrogen and oxygen atoms in total. The third kappa shape index (κ3) is 5.31. The van der Waals surface area contributed by atoms with Gasteiger partial charge in [-0.2, -0.15) is 0 Å². The van der Waals surface area contributed by atoms with Gasteiger partial charge in [-0.15, -0.1) is 11.8 Å². The quantitative estimate of drug-likeness (QED) is 0.377. The van der Waals surface area contributed by atoms with Crippen LogP contribution in [0.2, 0.25) is 0 Å². The Kier molecular flexibility index (Phi) is 7.02. The number of nitrogens with zero attached hydrogens (tertiary/aromatic N) is 1. The van der Waals surface area contributed by atoms with Crippen molar-refractivity contribution >= 4 is 17.7 Å². The first-order valence-corrected chi connectivity index (χ1v) is 9.85. The van der Waals surface area contributed by atoms with Gasteiger partial charge in [-0.3, -0.25) is 10.1 Å². The zero-order valence-electron chi connectivity index (χ0n) is 15.4. The van der Waals surface area contributed by atoms with Crippen LogP contribution in [-0.2, 0) is 20.0 Å². The van der Waals surface area contributed by atoms with E-state index in [2.05, 4.69) is 4.74 Å². The largest absolute Gasteiger partial charge is 0.465 e. The van der Waals surface area contributed by atoms with Gasteiger partial charge in [-0.05, 0) is 29.3 Å². The predicted octanol–water partition coefficient (Wildman–Crippen LogP) is 3.77. The fourth-order valence-electron chi connectivity index (χ4n) is 2.90. The molecule has 0 aromatic heterocycles. The third-order valence-corrected chi connectivity index (χ3v) is 5.64. The van der Waals surface area contributed by atoms with Crippen LogP contribution in [0.3, 0.4) is 0 Å². The van der Waals surface area contributed by atoms with Gasteiger partial charge in [0.2, 0.25) is 6.54 Å². The van der Waals surface area contributed by atoms with E-state index in [0.29, 0.717) is 24.5 Å². The van der Waals surface area contributed by atoms with Gasteiger partial charge in [0.05, 0.1) is 31.1 Å². The number of ether oxygens (including phenoxy) is 3. The fourth-order valence-corrected chi connectivity index (χ4v) is 4.05. The minimum absolute atomic E-state index is 0.180. The monoisotopic (exact) mass is 403 g/mol. The fraction of sp³-hybridized carbons (Fsp3) is 0.350. The van der Waals surface area contributed by atoms with Crippen molar-refractivity contribution in [3.05, 3.63) is 80.9 Å². The van der Waals surface area contributed by atoms with Crippen molar-refractivity contribution in [1.29, 1.82) is 0 Å². The topological polar surface area (TPSA) is 87.9 Å². The van der Waals surface area contributed by atoms with Crippen molar-refractivity contribution in [3.8, 4) is 0 Å². The summed E-state index contributed by atoms with van der Waals surface area (Å²) < 4.78 is 15.7. The van der Waals surface area contributed by atoms with Crippen LogP contribution in [0, 0.1) is 10.1 Å². The van der Waals surface area contributed by atoms with E-state index < -0.39 is 12.3 Å². The molecule has 0 spiro atoms. The summed E-state index contributed by atoms with van der Waals surface area (Å²) in [6.45, 7) is 0.911. The number of benzene rings is 2. The lowest BCUT2D eigenvalue weighted by atomic mass is 10.1. The Morgan fingerprint density at radius 2 is 1.96 bits per heavy atom. The van der Waals surface area contributed by atoms with Gasteiger partial charge >= 0.3 is 5.97 Å². The van der Waals surface area contributed by atoms with Crippen molar-refractivity contribution in [1.82, 2.24) is 0 Å². The molecule has 0 N–H and O–H groups in total. The standard InChI is InChI=1S/C20H21NO6S/c1-25-19(22)15-7-5-14(6-8-15)13-28-18(12-21(23)24)16-3-2-4-17(11-16)20-26-9-10-27-20/h2-8,11,18,20H,9-10,12-13H2,1H3. The highest BCUT2D eigenvalue weighted by Gasteiger charge is 2.23. The molecule has 1 aliphatic heterocycles. The summed E-state index contributed by atoms with van der Waals surface area (Å²) in [5.74, 6) is 0.194. The van der Waals surface area contributed by atoms with E-state index in [1.54, 1.807) is 12.1 Å². The number of esters is 1. The van der Waals surface area contributed by atoms with Crippen molar-refractivity contribution < 1.29 is 23.9 Å². The zero-order chi connectivity index (χ0) is 19.9. The number of carbonyl (C=O) groups is 1. The lowest BCUT2D eigenvalue weighted by Gasteiger charge is -2.16. The molecular formula is C20H21NO6S. The summed E-state index contributed by atoms with van der Waals surface area (Å²) in [4.78, 5) is 22.4. The maximum absolute atomic E-state index is 11.5. The van der Waals surface area contributed by atoms with Crippen LogP contribution in [0.1, 0.15) is 38.6 Å². The van der Waals surface area contributed by atoms with Crippen molar-refractivity contribution in [2.75, 3.05) is 26.9 Å². The lowest BCUT2D eigenvalue weighted by molar-refractivity contribution is -0.479. The highest BCUT2D eigenvalue weighted by molar-refractivity contribution is 7.98. The Bertz CT molecular complexity index is 820. The molecule has 0 aliphatic carbocycles. The molecule has 1 saturated heterocycles. The summed E-state index contributed by atoms with van der Waals surface area (Å²) in [5, 5.41) is 10.9. The van der Waals surface area contributed by atoms with Crippen LogP contribution >= 0.6 is 11.8 Å². The lowest BCUT2D eigenvalue weighted by Crippen LogP contribution is -2.11. The molecule has 0 amide bonds. The van der Waals surface area contributed by atoms with Gasteiger partial charge in [0, 0.05) is 16.2 Å².